The summed E-state index contributed by atoms with van der Waals surface area (Å²) in [5, 5.41) is 6.58. The lowest BCUT2D eigenvalue weighted by molar-refractivity contribution is -0.144. The molecule has 0 spiro atoms. The Labute approximate surface area is 220 Å². The summed E-state index contributed by atoms with van der Waals surface area (Å²) in [7, 11) is 3.23. The van der Waals surface area contributed by atoms with Crippen LogP contribution in [0, 0.1) is 5.41 Å². The van der Waals surface area contributed by atoms with Crippen LogP contribution in [0.25, 0.3) is 0 Å². The molecule has 3 heterocycles. The van der Waals surface area contributed by atoms with E-state index in [0.717, 1.165) is 43.8 Å². The van der Waals surface area contributed by atoms with Gasteiger partial charge in [0.2, 0.25) is 11.8 Å². The van der Waals surface area contributed by atoms with Crippen LogP contribution < -0.4 is 9.47 Å². The molecule has 0 bridgehead atoms. The van der Waals surface area contributed by atoms with Crippen LogP contribution in [-0.4, -0.2) is 98.5 Å². The van der Waals surface area contributed by atoms with Gasteiger partial charge in [-0.25, -0.2) is 5.01 Å². The van der Waals surface area contributed by atoms with Crippen LogP contribution in [0.2, 0.25) is 0 Å². The molecule has 1 aromatic rings. The van der Waals surface area contributed by atoms with Gasteiger partial charge in [-0.3, -0.25) is 9.59 Å². The van der Waals surface area contributed by atoms with Crippen molar-refractivity contribution in [2.24, 2.45) is 10.5 Å². The van der Waals surface area contributed by atoms with Crippen LogP contribution in [0.15, 0.2) is 23.3 Å². The number of ether oxygens (including phenoxy) is 3. The monoisotopic (exact) mass is 522 g/mol. The SMILES string of the molecule is COc1ccc(C2=NN(C3CCN(CCC(=O)N4CCOCC4)CC3)C(=O)C(C)(C)C2)cc1OC.Cl. The lowest BCUT2D eigenvalue weighted by Gasteiger charge is -2.42. The zero-order valence-electron chi connectivity index (χ0n) is 21.8. The molecule has 10 heteroatoms. The van der Waals surface area contributed by atoms with E-state index in [1.807, 2.05) is 36.9 Å². The molecular weight excluding hydrogens is 484 g/mol. The lowest BCUT2D eigenvalue weighted by Crippen LogP contribution is -2.52. The third kappa shape index (κ3) is 6.30. The van der Waals surface area contributed by atoms with Crippen LogP contribution in [-0.2, 0) is 14.3 Å². The third-order valence-electron chi connectivity index (χ3n) is 7.25. The first-order valence-corrected chi connectivity index (χ1v) is 12.5. The normalized spacial score (nSPS) is 21.0. The van der Waals surface area contributed by atoms with Crippen LogP contribution in [0.4, 0.5) is 0 Å². The number of halogens is 1. The molecule has 3 aliphatic rings. The zero-order valence-corrected chi connectivity index (χ0v) is 22.6. The van der Waals surface area contributed by atoms with Crippen LogP contribution >= 0.6 is 12.4 Å². The number of amides is 2. The summed E-state index contributed by atoms with van der Waals surface area (Å²) >= 11 is 0. The number of benzene rings is 1. The number of nitrogens with zero attached hydrogens (tertiary/aromatic N) is 4. The minimum absolute atomic E-state index is 0. The van der Waals surface area contributed by atoms with Gasteiger partial charge in [0, 0.05) is 51.1 Å². The van der Waals surface area contributed by atoms with Gasteiger partial charge in [0.05, 0.1) is 44.6 Å². The molecule has 0 aromatic heterocycles. The summed E-state index contributed by atoms with van der Waals surface area (Å²) < 4.78 is 16.2. The Kier molecular flexibility index (Phi) is 9.60. The van der Waals surface area contributed by atoms with Crippen molar-refractivity contribution >= 4 is 29.9 Å². The van der Waals surface area contributed by atoms with E-state index in [1.165, 1.54) is 0 Å². The topological polar surface area (TPSA) is 83.9 Å². The van der Waals surface area contributed by atoms with E-state index in [1.54, 1.807) is 19.2 Å². The van der Waals surface area contributed by atoms with Gasteiger partial charge in [0.25, 0.3) is 0 Å². The van der Waals surface area contributed by atoms with Gasteiger partial charge < -0.3 is 24.0 Å². The lowest BCUT2D eigenvalue weighted by atomic mass is 9.82. The second kappa shape index (κ2) is 12.3. The van der Waals surface area contributed by atoms with Gasteiger partial charge in [-0.1, -0.05) is 13.8 Å². The van der Waals surface area contributed by atoms with E-state index in [2.05, 4.69) is 4.90 Å². The first-order valence-electron chi connectivity index (χ1n) is 12.5. The smallest absolute Gasteiger partial charge is 0.248 e. The number of methoxy groups -OCH3 is 2. The maximum absolute atomic E-state index is 13.3. The number of hydrazone groups is 1. The van der Waals surface area contributed by atoms with Crippen molar-refractivity contribution in [3.63, 3.8) is 0 Å². The van der Waals surface area contributed by atoms with E-state index in [-0.39, 0.29) is 30.3 Å². The predicted molar refractivity (Wildman–Crippen MR) is 140 cm³/mol. The molecular formula is C26H39ClN4O5. The van der Waals surface area contributed by atoms with E-state index >= 15 is 0 Å². The Morgan fingerprint density at radius 3 is 2.39 bits per heavy atom. The Morgan fingerprint density at radius 1 is 1.08 bits per heavy atom. The van der Waals surface area contributed by atoms with Crippen LogP contribution in [0.3, 0.4) is 0 Å². The fourth-order valence-corrected chi connectivity index (χ4v) is 5.05. The molecule has 1 aromatic carbocycles. The van der Waals surface area contributed by atoms with E-state index in [4.69, 9.17) is 19.3 Å². The highest BCUT2D eigenvalue weighted by Crippen LogP contribution is 2.36. The molecule has 0 aliphatic carbocycles. The fraction of sp³-hybridized carbons (Fsp3) is 0.654. The van der Waals surface area contributed by atoms with Gasteiger partial charge in [0.15, 0.2) is 11.5 Å². The quantitative estimate of drug-likeness (QED) is 0.547. The number of morpholine rings is 1. The molecule has 0 N–H and O–H groups in total. The molecule has 0 saturated carbocycles. The standard InChI is InChI=1S/C26H38N4O5.ClH/c1-26(2)18-21(19-5-6-22(33-3)23(17-19)34-4)27-30(25(26)32)20-7-10-28(11-8-20)12-9-24(31)29-13-15-35-16-14-29;/h5-6,17,20H,7-16,18H2,1-4H3;1H. The minimum atomic E-state index is -0.536. The summed E-state index contributed by atoms with van der Waals surface area (Å²) in [4.78, 5) is 30.0. The first kappa shape index (κ1) is 28.2. The molecule has 0 radical (unpaired) electrons. The Balaban J connectivity index is 0.00000361. The molecule has 2 amide bonds. The second-order valence-corrected chi connectivity index (χ2v) is 10.1. The number of carbonyl (C=O) groups excluding carboxylic acids is 2. The first-order chi connectivity index (χ1) is 16.8. The van der Waals surface area contributed by atoms with Gasteiger partial charge in [0.1, 0.15) is 0 Å². The van der Waals surface area contributed by atoms with Crippen molar-refractivity contribution in [3.8, 4) is 11.5 Å². The summed E-state index contributed by atoms with van der Waals surface area (Å²) in [5.41, 5.74) is 1.28. The van der Waals surface area contributed by atoms with E-state index < -0.39 is 5.41 Å². The number of carbonyl (C=O) groups is 2. The highest BCUT2D eigenvalue weighted by Gasteiger charge is 2.41. The maximum Gasteiger partial charge on any atom is 0.248 e. The molecule has 2 saturated heterocycles. The Morgan fingerprint density at radius 2 is 1.75 bits per heavy atom. The Hall–Kier alpha value is -2.36. The number of rotatable bonds is 7. The summed E-state index contributed by atoms with van der Waals surface area (Å²) in [5.74, 6) is 1.59. The molecule has 2 fully saturated rings. The molecule has 4 rings (SSSR count). The summed E-state index contributed by atoms with van der Waals surface area (Å²) in [6.45, 7) is 9.07. The van der Waals surface area contributed by atoms with Gasteiger partial charge >= 0.3 is 0 Å². The number of piperidine rings is 1. The zero-order chi connectivity index (χ0) is 25.0. The van der Waals surface area contributed by atoms with Crippen molar-refractivity contribution < 1.29 is 23.8 Å². The maximum atomic E-state index is 13.3. The van der Waals surface area contributed by atoms with Crippen molar-refractivity contribution in [1.82, 2.24) is 14.8 Å². The number of likely N-dealkylation sites (tertiary alicyclic amines) is 1. The van der Waals surface area contributed by atoms with Gasteiger partial charge in [-0.2, -0.15) is 5.10 Å². The molecule has 200 valence electrons. The highest BCUT2D eigenvalue weighted by molar-refractivity contribution is 6.06. The van der Waals surface area contributed by atoms with Crippen LogP contribution in [0.1, 0.15) is 45.1 Å². The Bertz CT molecular complexity index is 956. The minimum Gasteiger partial charge on any atom is -0.493 e. The second-order valence-electron chi connectivity index (χ2n) is 10.1. The van der Waals surface area contributed by atoms with E-state index in [9.17, 15) is 9.59 Å². The fourth-order valence-electron chi connectivity index (χ4n) is 5.05. The van der Waals surface area contributed by atoms with Crippen LogP contribution in [0.5, 0.6) is 11.5 Å². The molecule has 36 heavy (non-hydrogen) atoms. The number of hydrogen-bond donors (Lipinski definition) is 0. The average Bonchev–Trinajstić information content (AvgIpc) is 2.89. The summed E-state index contributed by atoms with van der Waals surface area (Å²) in [6, 6.07) is 5.83. The molecule has 0 unspecified atom stereocenters. The molecule has 3 aliphatic heterocycles. The highest BCUT2D eigenvalue weighted by atomic mass is 35.5. The average molecular weight is 523 g/mol. The van der Waals surface area contributed by atoms with Gasteiger partial charge in [-0.15, -0.1) is 12.4 Å². The van der Waals surface area contributed by atoms with Crippen molar-refractivity contribution in [3.05, 3.63) is 23.8 Å². The molecule has 9 nitrogen and oxygen atoms in total. The predicted octanol–water partition coefficient (Wildman–Crippen LogP) is 2.80. The van der Waals surface area contributed by atoms with Crippen molar-refractivity contribution in [2.75, 3.05) is 60.2 Å². The van der Waals surface area contributed by atoms with E-state index in [0.29, 0.717) is 50.6 Å². The molecule has 0 atom stereocenters. The van der Waals surface area contributed by atoms with Gasteiger partial charge in [-0.05, 0) is 31.0 Å². The summed E-state index contributed by atoms with van der Waals surface area (Å²) in [6.07, 6.45) is 2.79. The largest absolute Gasteiger partial charge is 0.493 e. The number of hydrogen-bond acceptors (Lipinski definition) is 7. The third-order valence-corrected chi connectivity index (χ3v) is 7.25. The van der Waals surface area contributed by atoms with Crippen molar-refractivity contribution in [1.29, 1.82) is 0 Å². The van der Waals surface area contributed by atoms with Crippen molar-refractivity contribution in [2.45, 2.75) is 45.6 Å².